The van der Waals surface area contributed by atoms with Gasteiger partial charge in [-0.1, -0.05) is 12.8 Å². The fourth-order valence-corrected chi connectivity index (χ4v) is 1.40. The van der Waals surface area contributed by atoms with E-state index in [-0.39, 0.29) is 0 Å². The summed E-state index contributed by atoms with van der Waals surface area (Å²) in [5, 5.41) is 8.62. The van der Waals surface area contributed by atoms with Gasteiger partial charge in [-0.3, -0.25) is 0 Å². The molecule has 3 nitrogen and oxygen atoms in total. The van der Waals surface area contributed by atoms with E-state index in [1.165, 1.54) is 12.8 Å². The number of aliphatic hydroxyl groups is 1. The molecule has 0 saturated carbocycles. The molecule has 0 aromatic heterocycles. The molecule has 0 unspecified atom stereocenters. The molecule has 0 saturated heterocycles. The van der Waals surface area contributed by atoms with Crippen LogP contribution in [0.2, 0.25) is 0 Å². The van der Waals surface area contributed by atoms with E-state index in [1.807, 2.05) is 0 Å². The van der Waals surface area contributed by atoms with E-state index >= 15 is 0 Å². The van der Waals surface area contributed by atoms with Crippen LogP contribution < -0.4 is 0 Å². The molecule has 0 heterocycles. The van der Waals surface area contributed by atoms with Crippen molar-refractivity contribution < 1.29 is 9.84 Å². The highest BCUT2D eigenvalue weighted by molar-refractivity contribution is 4.52. The van der Waals surface area contributed by atoms with Gasteiger partial charge in [0.2, 0.25) is 0 Å². The molecule has 0 aliphatic rings. The maximum atomic E-state index is 8.62. The van der Waals surface area contributed by atoms with Crippen LogP contribution in [0.4, 0.5) is 0 Å². The lowest BCUT2D eigenvalue weighted by molar-refractivity contribution is 0.0636. The summed E-state index contributed by atoms with van der Waals surface area (Å²) in [4.78, 5) is 2.31. The third-order valence-corrected chi connectivity index (χ3v) is 2.37. The predicted molar refractivity (Wildman–Crippen MR) is 64.1 cm³/mol. The van der Waals surface area contributed by atoms with Gasteiger partial charge in [0.05, 0.1) is 12.7 Å². The number of rotatable bonds is 10. The minimum absolute atomic E-state index is 0.331. The highest BCUT2D eigenvalue weighted by Crippen LogP contribution is 2.00. The SMILES string of the molecule is CC(C)OCCN(C)CCCCCCO. The maximum absolute atomic E-state index is 8.62. The van der Waals surface area contributed by atoms with E-state index in [0.29, 0.717) is 12.7 Å². The lowest BCUT2D eigenvalue weighted by atomic mass is 10.2. The zero-order valence-electron chi connectivity index (χ0n) is 10.5. The molecule has 0 bridgehead atoms. The monoisotopic (exact) mass is 217 g/mol. The summed E-state index contributed by atoms with van der Waals surface area (Å²) < 4.78 is 5.48. The van der Waals surface area contributed by atoms with Crippen molar-refractivity contribution in [3.8, 4) is 0 Å². The smallest absolute Gasteiger partial charge is 0.0596 e. The Labute approximate surface area is 94.4 Å². The summed E-state index contributed by atoms with van der Waals surface area (Å²) in [7, 11) is 2.13. The van der Waals surface area contributed by atoms with E-state index in [2.05, 4.69) is 25.8 Å². The molecule has 15 heavy (non-hydrogen) atoms. The lowest BCUT2D eigenvalue weighted by Crippen LogP contribution is -2.25. The minimum atomic E-state index is 0.331. The number of unbranched alkanes of at least 4 members (excludes halogenated alkanes) is 3. The fourth-order valence-electron chi connectivity index (χ4n) is 1.40. The van der Waals surface area contributed by atoms with Gasteiger partial charge < -0.3 is 14.7 Å². The van der Waals surface area contributed by atoms with E-state index in [9.17, 15) is 0 Å². The Morgan fingerprint density at radius 2 is 1.73 bits per heavy atom. The highest BCUT2D eigenvalue weighted by atomic mass is 16.5. The molecule has 0 radical (unpaired) electrons. The van der Waals surface area contributed by atoms with Gasteiger partial charge in [0.15, 0.2) is 0 Å². The van der Waals surface area contributed by atoms with Gasteiger partial charge in [0.25, 0.3) is 0 Å². The largest absolute Gasteiger partial charge is 0.396 e. The van der Waals surface area contributed by atoms with Crippen LogP contribution in [-0.4, -0.2) is 49.5 Å². The molecular formula is C12H27NO2. The van der Waals surface area contributed by atoms with Crippen molar-refractivity contribution >= 4 is 0 Å². The minimum Gasteiger partial charge on any atom is -0.396 e. The van der Waals surface area contributed by atoms with Crippen molar-refractivity contribution in [2.75, 3.05) is 33.4 Å². The van der Waals surface area contributed by atoms with Crippen LogP contribution >= 0.6 is 0 Å². The van der Waals surface area contributed by atoms with Crippen molar-refractivity contribution in [2.45, 2.75) is 45.6 Å². The number of aliphatic hydroxyl groups excluding tert-OH is 1. The average Bonchev–Trinajstić information content (AvgIpc) is 2.17. The number of ether oxygens (including phenoxy) is 1. The first-order valence-electron chi connectivity index (χ1n) is 6.07. The molecule has 0 fully saturated rings. The molecule has 0 aromatic carbocycles. The lowest BCUT2D eigenvalue weighted by Gasteiger charge is -2.17. The number of likely N-dealkylation sites (N-methyl/N-ethyl adjacent to an activating group) is 1. The maximum Gasteiger partial charge on any atom is 0.0596 e. The molecule has 0 aliphatic carbocycles. The second kappa shape index (κ2) is 10.4. The van der Waals surface area contributed by atoms with Crippen molar-refractivity contribution in [1.82, 2.24) is 4.90 Å². The molecule has 0 amide bonds. The molecule has 0 spiro atoms. The van der Waals surface area contributed by atoms with Crippen LogP contribution in [0.1, 0.15) is 39.5 Å². The molecule has 1 N–H and O–H groups in total. The first kappa shape index (κ1) is 14.9. The van der Waals surface area contributed by atoms with E-state index < -0.39 is 0 Å². The van der Waals surface area contributed by atoms with Crippen LogP contribution in [0, 0.1) is 0 Å². The summed E-state index contributed by atoms with van der Waals surface area (Å²) in [5.74, 6) is 0. The summed E-state index contributed by atoms with van der Waals surface area (Å²) in [6.45, 7) is 7.43. The second-order valence-corrected chi connectivity index (χ2v) is 4.36. The van der Waals surface area contributed by atoms with Gasteiger partial charge in [0.1, 0.15) is 0 Å². The van der Waals surface area contributed by atoms with Gasteiger partial charge in [-0.2, -0.15) is 0 Å². The number of hydrogen-bond donors (Lipinski definition) is 1. The van der Waals surface area contributed by atoms with Gasteiger partial charge in [-0.25, -0.2) is 0 Å². The quantitative estimate of drug-likeness (QED) is 0.567. The second-order valence-electron chi connectivity index (χ2n) is 4.36. The zero-order chi connectivity index (χ0) is 11.5. The summed E-state index contributed by atoms with van der Waals surface area (Å²) >= 11 is 0. The zero-order valence-corrected chi connectivity index (χ0v) is 10.5. The third kappa shape index (κ3) is 11.8. The summed E-state index contributed by atoms with van der Waals surface area (Å²) in [5.41, 5.74) is 0. The molecule has 0 aliphatic heterocycles. The summed E-state index contributed by atoms with van der Waals surface area (Å²) in [6.07, 6.45) is 4.86. The first-order chi connectivity index (χ1) is 7.16. The molecule has 3 heteroatoms. The molecule has 0 atom stereocenters. The number of hydrogen-bond acceptors (Lipinski definition) is 3. The molecule has 92 valence electrons. The first-order valence-corrected chi connectivity index (χ1v) is 6.07. The Bertz CT molecular complexity index is 129. The Hall–Kier alpha value is -0.120. The topological polar surface area (TPSA) is 32.7 Å². The Morgan fingerprint density at radius 3 is 2.33 bits per heavy atom. The van der Waals surface area contributed by atoms with Crippen molar-refractivity contribution in [2.24, 2.45) is 0 Å². The molecule has 0 aromatic rings. The van der Waals surface area contributed by atoms with Gasteiger partial charge in [-0.05, 0) is 40.3 Å². The predicted octanol–water partition coefficient (Wildman–Crippen LogP) is 1.90. The third-order valence-electron chi connectivity index (χ3n) is 2.37. The van der Waals surface area contributed by atoms with Gasteiger partial charge in [0, 0.05) is 13.2 Å². The molecule has 0 rings (SSSR count). The van der Waals surface area contributed by atoms with E-state index in [4.69, 9.17) is 9.84 Å². The van der Waals surface area contributed by atoms with Crippen LogP contribution in [0.25, 0.3) is 0 Å². The van der Waals surface area contributed by atoms with Crippen molar-refractivity contribution in [1.29, 1.82) is 0 Å². The highest BCUT2D eigenvalue weighted by Gasteiger charge is 1.99. The van der Waals surface area contributed by atoms with Gasteiger partial charge >= 0.3 is 0 Å². The van der Waals surface area contributed by atoms with Crippen LogP contribution in [0.5, 0.6) is 0 Å². The van der Waals surface area contributed by atoms with Crippen LogP contribution in [0.15, 0.2) is 0 Å². The van der Waals surface area contributed by atoms with Crippen molar-refractivity contribution in [3.63, 3.8) is 0 Å². The standard InChI is InChI=1S/C12H27NO2/c1-12(2)15-11-9-13(3)8-6-4-5-7-10-14/h12,14H,4-11H2,1-3H3. The molecular weight excluding hydrogens is 190 g/mol. The Kier molecular flexibility index (Phi) is 10.3. The van der Waals surface area contributed by atoms with Crippen LogP contribution in [-0.2, 0) is 4.74 Å². The van der Waals surface area contributed by atoms with Crippen molar-refractivity contribution in [3.05, 3.63) is 0 Å². The Balaban J connectivity index is 3.15. The Morgan fingerprint density at radius 1 is 1.07 bits per heavy atom. The average molecular weight is 217 g/mol. The van der Waals surface area contributed by atoms with E-state index in [0.717, 1.165) is 32.5 Å². The van der Waals surface area contributed by atoms with Gasteiger partial charge in [-0.15, -0.1) is 0 Å². The fraction of sp³-hybridized carbons (Fsp3) is 1.00. The summed E-state index contributed by atoms with van der Waals surface area (Å²) in [6, 6.07) is 0. The van der Waals surface area contributed by atoms with E-state index in [1.54, 1.807) is 0 Å². The number of nitrogens with zero attached hydrogens (tertiary/aromatic N) is 1. The normalized spacial score (nSPS) is 11.6. The van der Waals surface area contributed by atoms with Crippen LogP contribution in [0.3, 0.4) is 0 Å².